The van der Waals surface area contributed by atoms with Crippen LogP contribution in [0, 0.1) is 0 Å². The van der Waals surface area contributed by atoms with Crippen molar-refractivity contribution in [3.8, 4) is 0 Å². The highest BCUT2D eigenvalue weighted by atomic mass is 16.1. The van der Waals surface area contributed by atoms with E-state index >= 15 is 0 Å². The maximum atomic E-state index is 10.7. The van der Waals surface area contributed by atoms with E-state index in [2.05, 4.69) is 10.3 Å². The number of hydrogen-bond donors (Lipinski definition) is 1. The number of amides is 1. The fourth-order valence-electron chi connectivity index (χ4n) is 0.644. The molecular weight excluding hydrogens is 116 g/mol. The first-order valence-electron chi connectivity index (χ1n) is 2.77. The summed E-state index contributed by atoms with van der Waals surface area (Å²) in [6, 6.07) is 0. The van der Waals surface area contributed by atoms with Crippen LogP contribution >= 0.6 is 0 Å². The Morgan fingerprint density at radius 1 is 1.89 bits per heavy atom. The first-order chi connectivity index (χ1) is 4.34. The van der Waals surface area contributed by atoms with E-state index in [9.17, 15) is 4.79 Å². The second-order valence-electron chi connectivity index (χ2n) is 1.71. The zero-order valence-corrected chi connectivity index (χ0v) is 5.22. The van der Waals surface area contributed by atoms with E-state index in [0.29, 0.717) is 12.3 Å². The molecule has 0 atom stereocenters. The highest BCUT2D eigenvalue weighted by Crippen LogP contribution is 1.92. The molecule has 0 spiro atoms. The van der Waals surface area contributed by atoms with Crippen molar-refractivity contribution in [1.82, 2.24) is 5.32 Å². The third-order valence-electron chi connectivity index (χ3n) is 1.10. The van der Waals surface area contributed by atoms with E-state index in [1.165, 1.54) is 0 Å². The Hall–Kier alpha value is -1.12. The molecule has 0 saturated heterocycles. The van der Waals surface area contributed by atoms with Gasteiger partial charge < -0.3 is 5.32 Å². The lowest BCUT2D eigenvalue weighted by molar-refractivity contribution is -0.114. The number of aliphatic imine (C=N–C) groups is 1. The molecule has 48 valence electrons. The largest absolute Gasteiger partial charge is 0.354 e. The van der Waals surface area contributed by atoms with Gasteiger partial charge in [0.1, 0.15) is 5.71 Å². The van der Waals surface area contributed by atoms with Gasteiger partial charge in [0.05, 0.1) is 6.54 Å². The summed E-state index contributed by atoms with van der Waals surface area (Å²) in [5, 5.41) is 2.49. The van der Waals surface area contributed by atoms with Gasteiger partial charge in [-0.3, -0.25) is 9.79 Å². The predicted octanol–water partition coefficient (Wildman–Crippen LogP) is -0.257. The second-order valence-corrected chi connectivity index (χ2v) is 1.71. The predicted molar refractivity (Wildman–Crippen MR) is 35.5 cm³/mol. The van der Waals surface area contributed by atoms with Crippen LogP contribution in [0.2, 0.25) is 0 Å². The summed E-state index contributed by atoms with van der Waals surface area (Å²) >= 11 is 0. The zero-order valence-electron chi connectivity index (χ0n) is 5.22. The van der Waals surface area contributed by atoms with Crippen molar-refractivity contribution in [3.05, 3.63) is 12.2 Å². The van der Waals surface area contributed by atoms with Crippen LogP contribution in [0.1, 0.15) is 0 Å². The number of carbonyl (C=O) groups excluding carboxylic acids is 1. The molecule has 0 unspecified atom stereocenters. The molecule has 3 heteroatoms. The maximum Gasteiger partial charge on any atom is 0.269 e. The highest BCUT2D eigenvalue weighted by Gasteiger charge is 2.06. The van der Waals surface area contributed by atoms with Crippen LogP contribution in [-0.2, 0) is 4.79 Å². The van der Waals surface area contributed by atoms with E-state index in [1.54, 1.807) is 13.1 Å². The Kier molecular flexibility index (Phi) is 1.63. The standard InChI is InChI=1S/C6H8N2O/c1-7-6(9)5-3-2-4-8-5/h2-3H,4H2,1H3,(H,7,9). The number of hydrogen-bond acceptors (Lipinski definition) is 2. The Morgan fingerprint density at radius 3 is 3.11 bits per heavy atom. The normalized spacial score (nSPS) is 15.4. The molecule has 1 amide bonds. The molecule has 1 rings (SSSR count). The van der Waals surface area contributed by atoms with Gasteiger partial charge in [-0.2, -0.15) is 0 Å². The van der Waals surface area contributed by atoms with Crippen molar-refractivity contribution >= 4 is 11.6 Å². The van der Waals surface area contributed by atoms with Crippen molar-refractivity contribution in [2.75, 3.05) is 13.6 Å². The van der Waals surface area contributed by atoms with Gasteiger partial charge in [0.25, 0.3) is 5.91 Å². The van der Waals surface area contributed by atoms with Crippen molar-refractivity contribution in [1.29, 1.82) is 0 Å². The van der Waals surface area contributed by atoms with Gasteiger partial charge in [-0.15, -0.1) is 0 Å². The summed E-state index contributed by atoms with van der Waals surface area (Å²) in [5.41, 5.74) is 0.525. The lowest BCUT2D eigenvalue weighted by Crippen LogP contribution is -2.25. The average molecular weight is 124 g/mol. The Balaban J connectivity index is 2.62. The molecule has 1 aliphatic heterocycles. The van der Waals surface area contributed by atoms with Crippen LogP contribution < -0.4 is 5.32 Å². The summed E-state index contributed by atoms with van der Waals surface area (Å²) in [4.78, 5) is 14.6. The fraction of sp³-hybridized carbons (Fsp3) is 0.333. The molecule has 0 aromatic rings. The monoisotopic (exact) mass is 124 g/mol. The van der Waals surface area contributed by atoms with E-state index in [-0.39, 0.29) is 5.91 Å². The first-order valence-corrected chi connectivity index (χ1v) is 2.77. The topological polar surface area (TPSA) is 41.5 Å². The molecular formula is C6H8N2O. The van der Waals surface area contributed by atoms with E-state index in [0.717, 1.165) is 0 Å². The van der Waals surface area contributed by atoms with E-state index < -0.39 is 0 Å². The van der Waals surface area contributed by atoms with Gasteiger partial charge in [-0.25, -0.2) is 0 Å². The molecule has 0 saturated carbocycles. The van der Waals surface area contributed by atoms with Gasteiger partial charge >= 0.3 is 0 Å². The zero-order chi connectivity index (χ0) is 6.69. The first kappa shape index (κ1) is 6.01. The Bertz CT molecular complexity index is 181. The average Bonchev–Trinajstić information content (AvgIpc) is 2.37. The lowest BCUT2D eigenvalue weighted by atomic mass is 10.3. The molecule has 0 aromatic carbocycles. The summed E-state index contributed by atoms with van der Waals surface area (Å²) in [6.07, 6.45) is 3.57. The molecule has 0 aromatic heterocycles. The number of carbonyl (C=O) groups is 1. The Labute approximate surface area is 53.5 Å². The van der Waals surface area contributed by atoms with Crippen molar-refractivity contribution in [2.24, 2.45) is 4.99 Å². The van der Waals surface area contributed by atoms with Crippen molar-refractivity contribution in [3.63, 3.8) is 0 Å². The van der Waals surface area contributed by atoms with Crippen LogP contribution in [0.4, 0.5) is 0 Å². The third-order valence-corrected chi connectivity index (χ3v) is 1.10. The minimum Gasteiger partial charge on any atom is -0.354 e. The summed E-state index contributed by atoms with van der Waals surface area (Å²) in [5.74, 6) is -0.108. The molecule has 0 fully saturated rings. The van der Waals surface area contributed by atoms with Crippen LogP contribution in [0.25, 0.3) is 0 Å². The van der Waals surface area contributed by atoms with Gasteiger partial charge in [0.15, 0.2) is 0 Å². The summed E-state index contributed by atoms with van der Waals surface area (Å²) in [6.45, 7) is 0.642. The highest BCUT2D eigenvalue weighted by molar-refractivity contribution is 6.43. The third kappa shape index (κ3) is 1.16. The van der Waals surface area contributed by atoms with Crippen LogP contribution in [0.3, 0.4) is 0 Å². The molecule has 3 nitrogen and oxygen atoms in total. The molecule has 1 heterocycles. The fourth-order valence-corrected chi connectivity index (χ4v) is 0.644. The SMILES string of the molecule is CNC(=O)C1=NCC=C1. The molecule has 1 N–H and O–H groups in total. The quantitative estimate of drug-likeness (QED) is 0.514. The van der Waals surface area contributed by atoms with Crippen molar-refractivity contribution in [2.45, 2.75) is 0 Å². The van der Waals surface area contributed by atoms with Gasteiger partial charge in [0.2, 0.25) is 0 Å². The van der Waals surface area contributed by atoms with E-state index in [4.69, 9.17) is 0 Å². The smallest absolute Gasteiger partial charge is 0.269 e. The number of rotatable bonds is 1. The minimum absolute atomic E-state index is 0.108. The Morgan fingerprint density at radius 2 is 2.67 bits per heavy atom. The van der Waals surface area contributed by atoms with Gasteiger partial charge in [-0.05, 0) is 6.08 Å². The molecule has 0 radical (unpaired) electrons. The van der Waals surface area contributed by atoms with Crippen LogP contribution in [0.5, 0.6) is 0 Å². The molecule has 0 aliphatic carbocycles. The van der Waals surface area contributed by atoms with Gasteiger partial charge in [-0.1, -0.05) is 6.08 Å². The minimum atomic E-state index is -0.108. The molecule has 0 bridgehead atoms. The summed E-state index contributed by atoms with van der Waals surface area (Å²) in [7, 11) is 1.59. The van der Waals surface area contributed by atoms with Crippen molar-refractivity contribution < 1.29 is 4.79 Å². The lowest BCUT2D eigenvalue weighted by Gasteiger charge is -1.92. The number of nitrogens with one attached hydrogen (secondary N) is 1. The van der Waals surface area contributed by atoms with Gasteiger partial charge in [0, 0.05) is 7.05 Å². The maximum absolute atomic E-state index is 10.7. The molecule has 9 heavy (non-hydrogen) atoms. The van der Waals surface area contributed by atoms with Crippen LogP contribution in [-0.4, -0.2) is 25.2 Å². The summed E-state index contributed by atoms with van der Waals surface area (Å²) < 4.78 is 0. The molecule has 1 aliphatic rings. The number of nitrogens with zero attached hydrogens (tertiary/aromatic N) is 1. The van der Waals surface area contributed by atoms with Crippen LogP contribution in [0.15, 0.2) is 17.1 Å². The second kappa shape index (κ2) is 2.44. The van der Waals surface area contributed by atoms with E-state index in [1.807, 2.05) is 6.08 Å².